The van der Waals surface area contributed by atoms with E-state index in [0.717, 1.165) is 45.2 Å². The SMILES string of the molecule is C[C@H](CC1CCCCC1)C(=O)N1CCC(O)(Cn2cc(C(=O)N3CCNCC3)ncc2=O)C2(CCCC2)C1. The van der Waals surface area contributed by atoms with Gasteiger partial charge < -0.3 is 24.8 Å². The lowest BCUT2D eigenvalue weighted by Crippen LogP contribution is -2.62. The Morgan fingerprint density at radius 2 is 1.76 bits per heavy atom. The zero-order valence-corrected chi connectivity index (χ0v) is 23.0. The molecule has 9 nitrogen and oxygen atoms in total. The third-order valence-electron chi connectivity index (χ3n) is 9.91. The molecular weight excluding hydrogens is 482 g/mol. The summed E-state index contributed by atoms with van der Waals surface area (Å²) in [6.07, 6.45) is 14.2. The Kier molecular flexibility index (Phi) is 8.24. The highest BCUT2D eigenvalue weighted by atomic mass is 16.3. The number of nitrogens with one attached hydrogen (secondary N) is 1. The van der Waals surface area contributed by atoms with Gasteiger partial charge in [-0.25, -0.2) is 4.98 Å². The number of carbonyl (C=O) groups excluding carboxylic acids is 2. The Hall–Kier alpha value is -2.26. The molecule has 1 spiro atoms. The highest BCUT2D eigenvalue weighted by Gasteiger charge is 2.55. The molecule has 2 N–H and O–H groups in total. The maximum Gasteiger partial charge on any atom is 0.274 e. The molecule has 9 heteroatoms. The van der Waals surface area contributed by atoms with Crippen LogP contribution >= 0.6 is 0 Å². The topological polar surface area (TPSA) is 108 Å². The Morgan fingerprint density at radius 1 is 1.05 bits per heavy atom. The molecule has 1 aromatic rings. The van der Waals surface area contributed by atoms with E-state index in [1.807, 2.05) is 4.90 Å². The van der Waals surface area contributed by atoms with Gasteiger partial charge in [0.2, 0.25) is 5.91 Å². The second kappa shape index (κ2) is 11.5. The van der Waals surface area contributed by atoms with Gasteiger partial charge in [-0.1, -0.05) is 51.9 Å². The van der Waals surface area contributed by atoms with E-state index >= 15 is 0 Å². The van der Waals surface area contributed by atoms with Crippen LogP contribution in [0.1, 0.15) is 88.0 Å². The van der Waals surface area contributed by atoms with Gasteiger partial charge in [-0.15, -0.1) is 0 Å². The number of piperidine rings is 1. The third kappa shape index (κ3) is 5.55. The van der Waals surface area contributed by atoms with Crippen LogP contribution in [0.3, 0.4) is 0 Å². The largest absolute Gasteiger partial charge is 0.387 e. The van der Waals surface area contributed by atoms with Crippen molar-refractivity contribution in [1.29, 1.82) is 0 Å². The average Bonchev–Trinajstić information content (AvgIpc) is 3.42. The van der Waals surface area contributed by atoms with Crippen LogP contribution in [0, 0.1) is 17.3 Å². The normalized spacial score (nSPS) is 27.0. The molecule has 1 aromatic heterocycles. The number of nitrogens with zero attached hydrogens (tertiary/aromatic N) is 4. The van der Waals surface area contributed by atoms with Gasteiger partial charge in [0.05, 0.1) is 18.3 Å². The molecule has 3 heterocycles. The number of aliphatic hydroxyl groups is 1. The lowest BCUT2D eigenvalue weighted by atomic mass is 9.65. The van der Waals surface area contributed by atoms with Crippen LogP contribution in [0.25, 0.3) is 0 Å². The molecule has 2 aliphatic heterocycles. The predicted octanol–water partition coefficient (Wildman–Crippen LogP) is 2.42. The molecule has 1 unspecified atom stereocenters. The minimum atomic E-state index is -1.12. The zero-order valence-electron chi connectivity index (χ0n) is 23.0. The number of carbonyl (C=O) groups is 2. The van der Waals surface area contributed by atoms with Crippen LogP contribution in [0.15, 0.2) is 17.2 Å². The molecule has 0 aromatic carbocycles. The third-order valence-corrected chi connectivity index (χ3v) is 9.91. The number of hydrogen-bond donors (Lipinski definition) is 2. The number of piperazine rings is 1. The van der Waals surface area contributed by atoms with E-state index in [4.69, 9.17) is 0 Å². The van der Waals surface area contributed by atoms with Crippen molar-refractivity contribution in [2.45, 2.75) is 89.7 Å². The molecule has 38 heavy (non-hydrogen) atoms. The maximum atomic E-state index is 13.5. The van der Waals surface area contributed by atoms with Crippen LogP contribution in [0.5, 0.6) is 0 Å². The number of rotatable bonds is 6. The van der Waals surface area contributed by atoms with Gasteiger partial charge in [0, 0.05) is 56.8 Å². The highest BCUT2D eigenvalue weighted by molar-refractivity contribution is 5.92. The summed E-state index contributed by atoms with van der Waals surface area (Å²) in [7, 11) is 0. The Labute approximate surface area is 226 Å². The van der Waals surface area contributed by atoms with E-state index in [9.17, 15) is 19.5 Å². The molecule has 2 saturated heterocycles. The molecule has 0 bridgehead atoms. The quantitative estimate of drug-likeness (QED) is 0.588. The molecule has 2 saturated carbocycles. The Balaban J connectivity index is 1.31. The van der Waals surface area contributed by atoms with Gasteiger partial charge >= 0.3 is 0 Å². The molecule has 5 rings (SSSR count). The van der Waals surface area contributed by atoms with E-state index in [1.54, 1.807) is 4.90 Å². The number of hydrogen-bond acceptors (Lipinski definition) is 6. The second-order valence-corrected chi connectivity index (χ2v) is 12.5. The van der Waals surface area contributed by atoms with Crippen LogP contribution < -0.4 is 10.9 Å². The lowest BCUT2D eigenvalue weighted by Gasteiger charge is -2.52. The first kappa shape index (κ1) is 27.3. The van der Waals surface area contributed by atoms with Crippen molar-refractivity contribution in [1.82, 2.24) is 24.7 Å². The molecule has 2 atom stereocenters. The summed E-state index contributed by atoms with van der Waals surface area (Å²) in [5.74, 6) is 0.690. The molecule has 2 amide bonds. The summed E-state index contributed by atoms with van der Waals surface area (Å²) in [5, 5.41) is 15.4. The van der Waals surface area contributed by atoms with Crippen molar-refractivity contribution >= 4 is 11.8 Å². The second-order valence-electron chi connectivity index (χ2n) is 12.5. The predicted molar refractivity (Wildman–Crippen MR) is 145 cm³/mol. The number of amides is 2. The van der Waals surface area contributed by atoms with Crippen LogP contribution in [-0.4, -0.2) is 81.1 Å². The molecule has 4 fully saturated rings. The monoisotopic (exact) mass is 527 g/mol. The van der Waals surface area contributed by atoms with Gasteiger partial charge in [0.25, 0.3) is 11.5 Å². The van der Waals surface area contributed by atoms with E-state index in [1.165, 1.54) is 49.1 Å². The fourth-order valence-corrected chi connectivity index (χ4v) is 7.61. The van der Waals surface area contributed by atoms with Crippen molar-refractivity contribution in [2.24, 2.45) is 17.3 Å². The van der Waals surface area contributed by atoms with E-state index in [-0.39, 0.29) is 35.5 Å². The first-order valence-corrected chi connectivity index (χ1v) is 14.9. The zero-order chi connectivity index (χ0) is 26.8. The van der Waals surface area contributed by atoms with E-state index in [0.29, 0.717) is 38.5 Å². The fraction of sp³-hybridized carbons (Fsp3) is 0.793. The number of aromatic nitrogens is 2. The minimum Gasteiger partial charge on any atom is -0.387 e. The molecule has 210 valence electrons. The van der Waals surface area contributed by atoms with Gasteiger partial charge in [0.1, 0.15) is 5.69 Å². The number of likely N-dealkylation sites (tertiary alicyclic amines) is 1. The summed E-state index contributed by atoms with van der Waals surface area (Å²) in [6.45, 7) is 5.93. The Morgan fingerprint density at radius 3 is 2.47 bits per heavy atom. The summed E-state index contributed by atoms with van der Waals surface area (Å²) in [6, 6.07) is 0. The average molecular weight is 528 g/mol. The van der Waals surface area contributed by atoms with Crippen molar-refractivity contribution < 1.29 is 14.7 Å². The van der Waals surface area contributed by atoms with Crippen LogP contribution in [0.4, 0.5) is 0 Å². The minimum absolute atomic E-state index is 0.00382. The smallest absolute Gasteiger partial charge is 0.274 e. The van der Waals surface area contributed by atoms with Gasteiger partial charge in [0.15, 0.2) is 0 Å². The van der Waals surface area contributed by atoms with Crippen molar-refractivity contribution in [3.63, 3.8) is 0 Å². The van der Waals surface area contributed by atoms with Gasteiger partial charge in [-0.2, -0.15) is 0 Å². The summed E-state index contributed by atoms with van der Waals surface area (Å²) < 4.78 is 1.48. The van der Waals surface area contributed by atoms with E-state index in [2.05, 4.69) is 17.2 Å². The molecule has 0 radical (unpaired) electrons. The van der Waals surface area contributed by atoms with Crippen LogP contribution in [0.2, 0.25) is 0 Å². The lowest BCUT2D eigenvalue weighted by molar-refractivity contribution is -0.163. The van der Waals surface area contributed by atoms with Crippen molar-refractivity contribution in [3.8, 4) is 0 Å². The summed E-state index contributed by atoms with van der Waals surface area (Å²) in [5.41, 5.74) is -1.63. The van der Waals surface area contributed by atoms with Crippen molar-refractivity contribution in [3.05, 3.63) is 28.4 Å². The summed E-state index contributed by atoms with van der Waals surface area (Å²) >= 11 is 0. The first-order valence-electron chi connectivity index (χ1n) is 14.9. The van der Waals surface area contributed by atoms with Gasteiger partial charge in [-0.05, 0) is 31.6 Å². The first-order chi connectivity index (χ1) is 18.3. The Bertz CT molecular complexity index is 1060. The molecule has 4 aliphatic rings. The molecular formula is C29H45N5O4. The highest BCUT2D eigenvalue weighted by Crippen LogP contribution is 2.51. The van der Waals surface area contributed by atoms with Crippen molar-refractivity contribution in [2.75, 3.05) is 39.3 Å². The van der Waals surface area contributed by atoms with Gasteiger partial charge in [-0.3, -0.25) is 14.4 Å². The molecule has 2 aliphatic carbocycles. The fourth-order valence-electron chi connectivity index (χ4n) is 7.61. The maximum absolute atomic E-state index is 13.5. The van der Waals surface area contributed by atoms with E-state index < -0.39 is 11.0 Å². The summed E-state index contributed by atoms with van der Waals surface area (Å²) in [4.78, 5) is 47.3. The van der Waals surface area contributed by atoms with Crippen LogP contribution in [-0.2, 0) is 11.3 Å². The standard InChI is InChI=1S/C29H45N5O4/c1-22(17-23-7-3-2-4-8-23)26(36)33-14-11-29(38,28(20-33)9-5-6-10-28)21-34-19-24(31-18-25(34)35)27(37)32-15-12-30-13-16-32/h18-19,22-23,30,38H,2-17,20-21H2,1H3/t22-,29?/m1/s1.